The fourth-order valence-corrected chi connectivity index (χ4v) is 0.428. The van der Waals surface area contributed by atoms with Crippen molar-refractivity contribution >= 4 is 5.97 Å². The second-order valence-corrected chi connectivity index (χ2v) is 1.52. The van der Waals surface area contributed by atoms with Crippen molar-refractivity contribution in [2.24, 2.45) is 0 Å². The van der Waals surface area contributed by atoms with Crippen molar-refractivity contribution in [3.63, 3.8) is 0 Å². The molecule has 0 unspecified atom stereocenters. The van der Waals surface area contributed by atoms with E-state index in [1.165, 1.54) is 6.08 Å². The smallest absolute Gasteiger partial charge is 0.337 e. The second kappa shape index (κ2) is 3.03. The van der Waals surface area contributed by atoms with E-state index < -0.39 is 5.97 Å². The maximum Gasteiger partial charge on any atom is 0.337 e. The van der Waals surface area contributed by atoms with Crippen molar-refractivity contribution in [1.29, 1.82) is 0 Å². The summed E-state index contributed by atoms with van der Waals surface area (Å²) in [5.41, 5.74) is 0. The molecule has 1 heterocycles. The first-order valence-electron chi connectivity index (χ1n) is 2.67. The Balaban J connectivity index is 2.37. The summed E-state index contributed by atoms with van der Waals surface area (Å²) in [7, 11) is 0. The Morgan fingerprint density at radius 3 is 3.20 bits per heavy atom. The van der Waals surface area contributed by atoms with Crippen LogP contribution in [0.2, 0.25) is 0 Å². The predicted octanol–water partition coefficient (Wildman–Crippen LogP) is 0.519. The summed E-state index contributed by atoms with van der Waals surface area (Å²) in [4.78, 5) is 19.2. The molecule has 1 rings (SSSR count). The summed E-state index contributed by atoms with van der Waals surface area (Å²) in [5, 5.41) is 0. The molecule has 0 saturated carbocycles. The molecule has 0 bridgehead atoms. The van der Waals surface area contributed by atoms with Gasteiger partial charge in [0.2, 0.25) is 0 Å². The molecular formula is C6H6O4. The van der Waals surface area contributed by atoms with Gasteiger partial charge in [-0.25, -0.2) is 4.79 Å². The van der Waals surface area contributed by atoms with Crippen LogP contribution in [-0.2, 0) is 19.3 Å². The quantitative estimate of drug-likeness (QED) is 0.320. The standard InChI is InChI=1S/C6H6O4/c1-2-5(7)9-6-3-4-8-10-6/h2-3H,1,4H2. The normalized spacial score (nSPS) is 15.4. The Morgan fingerprint density at radius 1 is 1.90 bits per heavy atom. The summed E-state index contributed by atoms with van der Waals surface area (Å²) in [6, 6.07) is 0. The van der Waals surface area contributed by atoms with E-state index in [1.54, 1.807) is 0 Å². The van der Waals surface area contributed by atoms with Gasteiger partial charge in [-0.1, -0.05) is 6.58 Å². The summed E-state index contributed by atoms with van der Waals surface area (Å²) >= 11 is 0. The van der Waals surface area contributed by atoms with Crippen molar-refractivity contribution in [3.05, 3.63) is 24.7 Å². The molecule has 4 nitrogen and oxygen atoms in total. The van der Waals surface area contributed by atoms with Crippen molar-refractivity contribution in [1.82, 2.24) is 0 Å². The van der Waals surface area contributed by atoms with Crippen molar-refractivity contribution in [3.8, 4) is 0 Å². The maximum atomic E-state index is 10.5. The topological polar surface area (TPSA) is 44.8 Å². The minimum Gasteiger partial charge on any atom is -0.388 e. The van der Waals surface area contributed by atoms with Gasteiger partial charge in [0.25, 0.3) is 0 Å². The summed E-state index contributed by atoms with van der Waals surface area (Å²) in [6.45, 7) is 3.51. The number of hydrogen-bond donors (Lipinski definition) is 0. The average Bonchev–Trinajstić information content (AvgIpc) is 2.40. The van der Waals surface area contributed by atoms with Gasteiger partial charge in [-0.3, -0.25) is 4.89 Å². The molecule has 1 aliphatic heterocycles. The molecule has 0 aliphatic carbocycles. The lowest BCUT2D eigenvalue weighted by atomic mass is 10.6. The van der Waals surface area contributed by atoms with Crippen LogP contribution in [-0.4, -0.2) is 12.6 Å². The van der Waals surface area contributed by atoms with E-state index in [2.05, 4.69) is 21.1 Å². The molecule has 54 valence electrons. The number of carbonyl (C=O) groups is 1. The van der Waals surface area contributed by atoms with E-state index in [9.17, 15) is 4.79 Å². The zero-order valence-electron chi connectivity index (χ0n) is 5.20. The Morgan fingerprint density at radius 2 is 2.70 bits per heavy atom. The number of ether oxygens (including phenoxy) is 1. The van der Waals surface area contributed by atoms with E-state index in [0.29, 0.717) is 6.61 Å². The molecule has 4 heteroatoms. The minimum absolute atomic E-state index is 0.0740. The van der Waals surface area contributed by atoms with E-state index >= 15 is 0 Å². The lowest BCUT2D eigenvalue weighted by Gasteiger charge is -1.97. The zero-order chi connectivity index (χ0) is 7.40. The molecule has 0 fully saturated rings. The first kappa shape index (κ1) is 6.82. The Kier molecular flexibility index (Phi) is 2.07. The van der Waals surface area contributed by atoms with Crippen LogP contribution in [0.15, 0.2) is 24.7 Å². The lowest BCUT2D eigenvalue weighted by molar-refractivity contribution is -0.260. The number of rotatable bonds is 2. The summed E-state index contributed by atoms with van der Waals surface area (Å²) in [5.74, 6) is -0.485. The van der Waals surface area contributed by atoms with Crippen LogP contribution in [0.3, 0.4) is 0 Å². The minimum atomic E-state index is -0.559. The van der Waals surface area contributed by atoms with Gasteiger partial charge in [0.05, 0.1) is 0 Å². The summed E-state index contributed by atoms with van der Waals surface area (Å²) < 4.78 is 4.52. The van der Waals surface area contributed by atoms with Gasteiger partial charge in [-0.15, -0.1) is 0 Å². The molecule has 0 aromatic carbocycles. The number of esters is 1. The molecule has 0 radical (unpaired) electrons. The van der Waals surface area contributed by atoms with Crippen LogP contribution >= 0.6 is 0 Å². The predicted molar refractivity (Wildman–Crippen MR) is 31.4 cm³/mol. The molecule has 0 atom stereocenters. The van der Waals surface area contributed by atoms with Gasteiger partial charge in [-0.2, -0.15) is 4.89 Å². The van der Waals surface area contributed by atoms with Crippen LogP contribution in [0.25, 0.3) is 0 Å². The highest BCUT2D eigenvalue weighted by atomic mass is 17.2. The van der Waals surface area contributed by atoms with Crippen molar-refractivity contribution < 1.29 is 19.3 Å². The van der Waals surface area contributed by atoms with Crippen molar-refractivity contribution in [2.45, 2.75) is 0 Å². The third-order valence-electron chi connectivity index (χ3n) is 0.827. The van der Waals surface area contributed by atoms with Crippen LogP contribution in [0.5, 0.6) is 0 Å². The zero-order valence-corrected chi connectivity index (χ0v) is 5.20. The molecule has 1 aliphatic rings. The highest BCUT2D eigenvalue weighted by molar-refractivity contribution is 5.81. The largest absolute Gasteiger partial charge is 0.388 e. The first-order valence-corrected chi connectivity index (χ1v) is 2.67. The third-order valence-corrected chi connectivity index (χ3v) is 0.827. The third kappa shape index (κ3) is 1.60. The van der Waals surface area contributed by atoms with Gasteiger partial charge < -0.3 is 4.74 Å². The maximum absolute atomic E-state index is 10.5. The molecule has 0 N–H and O–H groups in total. The van der Waals surface area contributed by atoms with Crippen molar-refractivity contribution in [2.75, 3.05) is 6.61 Å². The fourth-order valence-electron chi connectivity index (χ4n) is 0.428. The van der Waals surface area contributed by atoms with Gasteiger partial charge in [0.15, 0.2) is 0 Å². The Bertz CT molecular complexity index is 182. The fraction of sp³-hybridized carbons (Fsp3) is 0.167. The molecule has 0 saturated heterocycles. The average molecular weight is 142 g/mol. The van der Waals surface area contributed by atoms with E-state index in [1.807, 2.05) is 0 Å². The van der Waals surface area contributed by atoms with Gasteiger partial charge in [0.1, 0.15) is 6.61 Å². The van der Waals surface area contributed by atoms with Crippen LogP contribution in [0, 0.1) is 0 Å². The summed E-state index contributed by atoms with van der Waals surface area (Å²) in [6.07, 6.45) is 2.55. The molecule has 0 spiro atoms. The molecular weight excluding hydrogens is 136 g/mol. The monoisotopic (exact) mass is 142 g/mol. The lowest BCUT2D eigenvalue weighted by Crippen LogP contribution is -1.99. The van der Waals surface area contributed by atoms with E-state index in [4.69, 9.17) is 0 Å². The van der Waals surface area contributed by atoms with Crippen LogP contribution in [0.1, 0.15) is 0 Å². The molecule has 0 amide bonds. The van der Waals surface area contributed by atoms with Gasteiger partial charge >= 0.3 is 11.9 Å². The van der Waals surface area contributed by atoms with Gasteiger partial charge in [0, 0.05) is 12.2 Å². The first-order chi connectivity index (χ1) is 4.83. The Hall–Kier alpha value is -1.29. The SMILES string of the molecule is C=CC(=O)OC1=CCOO1. The molecule has 0 aromatic rings. The number of hydrogen-bond acceptors (Lipinski definition) is 4. The highest BCUT2D eigenvalue weighted by Gasteiger charge is 2.10. The second-order valence-electron chi connectivity index (χ2n) is 1.52. The Labute approximate surface area is 57.6 Å². The highest BCUT2D eigenvalue weighted by Crippen LogP contribution is 2.07. The van der Waals surface area contributed by atoms with Gasteiger partial charge in [-0.05, 0) is 0 Å². The molecule has 10 heavy (non-hydrogen) atoms. The van der Waals surface area contributed by atoms with E-state index in [-0.39, 0.29) is 5.95 Å². The van der Waals surface area contributed by atoms with Crippen LogP contribution < -0.4 is 0 Å². The van der Waals surface area contributed by atoms with Crippen LogP contribution in [0.4, 0.5) is 0 Å². The molecule has 0 aromatic heterocycles. The number of carbonyl (C=O) groups excluding carboxylic acids is 1. The van der Waals surface area contributed by atoms with E-state index in [0.717, 1.165) is 6.08 Å².